The quantitative estimate of drug-likeness (QED) is 0.124. The molecule has 0 amide bonds. The number of nitriles is 1. The van der Waals surface area contributed by atoms with E-state index in [4.69, 9.17) is 29.4 Å². The summed E-state index contributed by atoms with van der Waals surface area (Å²) in [6, 6.07) is 2.31. The minimum Gasteiger partial charge on any atom is -0.482 e. The van der Waals surface area contributed by atoms with E-state index in [9.17, 15) is 14.9 Å². The SMILES string of the molecule is COC(=O)/C(C)=C\CC12OC(C)(C)C3CC(C1=O)C1C(C#N)=C(N)NC4=C1C32Oc1c(CC=C(C)C)c2c3c(c14)OC(=O)CC3=CC(C)(CCC=C(C)C)O2. The fraction of sp³-hybridized carbons (Fsp3) is 0.500. The molecule has 0 radical (unpaired) electrons. The molecule has 5 aliphatic heterocycles. The van der Waals surface area contributed by atoms with E-state index in [1.807, 2.05) is 34.6 Å². The third-order valence-corrected chi connectivity index (χ3v) is 12.7. The molecule has 6 unspecified atom stereocenters. The highest BCUT2D eigenvalue weighted by molar-refractivity contribution is 6.04. The van der Waals surface area contributed by atoms with E-state index in [1.165, 1.54) is 12.7 Å². The summed E-state index contributed by atoms with van der Waals surface area (Å²) >= 11 is 0. The number of carbonyl (C=O) groups excluding carboxylic acids is 3. The molecule has 3 aliphatic carbocycles. The summed E-state index contributed by atoms with van der Waals surface area (Å²) in [6.45, 7) is 15.8. The van der Waals surface area contributed by atoms with Crippen LogP contribution in [0.3, 0.4) is 0 Å². The Morgan fingerprint density at radius 3 is 2.42 bits per heavy atom. The minimum atomic E-state index is -1.59. The Kier molecular flexibility index (Phi) is 8.19. The molecular weight excluding hydrogens is 698 g/mol. The summed E-state index contributed by atoms with van der Waals surface area (Å²) in [6.07, 6.45) is 10.4. The first-order chi connectivity index (χ1) is 25.9. The molecule has 3 saturated carbocycles. The van der Waals surface area contributed by atoms with Crippen molar-refractivity contribution in [3.8, 4) is 23.3 Å². The number of fused-ring (bicyclic) bond motifs is 3. The zero-order valence-corrected chi connectivity index (χ0v) is 33.1. The third kappa shape index (κ3) is 4.99. The average Bonchev–Trinajstić information content (AvgIpc) is 3.25. The zero-order chi connectivity index (χ0) is 39.6. The van der Waals surface area contributed by atoms with Gasteiger partial charge in [0.2, 0.25) is 0 Å². The number of ether oxygens (including phenoxy) is 5. The van der Waals surface area contributed by atoms with Crippen LogP contribution in [0.15, 0.2) is 58.0 Å². The van der Waals surface area contributed by atoms with Crippen LogP contribution in [0.2, 0.25) is 0 Å². The highest BCUT2D eigenvalue weighted by Crippen LogP contribution is 2.74. The molecule has 5 heterocycles. The number of rotatable bonds is 8. The van der Waals surface area contributed by atoms with Crippen LogP contribution in [-0.2, 0) is 30.3 Å². The number of nitrogens with one attached hydrogen (secondary N) is 1. The first kappa shape index (κ1) is 36.9. The smallest absolute Gasteiger partial charge is 0.333 e. The van der Waals surface area contributed by atoms with Crippen LogP contribution in [0.4, 0.5) is 0 Å². The number of benzene rings is 1. The Morgan fingerprint density at radius 2 is 1.75 bits per heavy atom. The Morgan fingerprint density at radius 1 is 1.04 bits per heavy atom. The maximum Gasteiger partial charge on any atom is 0.333 e. The Labute approximate surface area is 321 Å². The topological polar surface area (TPSA) is 159 Å². The van der Waals surface area contributed by atoms with Crippen molar-refractivity contribution in [2.75, 3.05) is 7.11 Å². The summed E-state index contributed by atoms with van der Waals surface area (Å²) in [5.41, 5.74) is 8.92. The maximum absolute atomic E-state index is 15.2. The third-order valence-electron chi connectivity index (χ3n) is 12.7. The molecule has 11 nitrogen and oxygen atoms in total. The van der Waals surface area contributed by atoms with Crippen molar-refractivity contribution >= 4 is 29.0 Å². The highest BCUT2D eigenvalue weighted by atomic mass is 16.6. The lowest BCUT2D eigenvalue weighted by Gasteiger charge is -2.62. The second kappa shape index (κ2) is 12.2. The van der Waals surface area contributed by atoms with Crippen LogP contribution in [0, 0.1) is 29.1 Å². The summed E-state index contributed by atoms with van der Waals surface area (Å²) in [4.78, 5) is 41.5. The molecule has 288 valence electrons. The molecule has 3 N–H and O–H groups in total. The van der Waals surface area contributed by atoms with Crippen LogP contribution in [0.1, 0.15) is 104 Å². The number of methoxy groups -OCH3 is 1. The van der Waals surface area contributed by atoms with Crippen LogP contribution >= 0.6 is 0 Å². The average molecular weight is 748 g/mol. The van der Waals surface area contributed by atoms with Gasteiger partial charge in [-0.2, -0.15) is 5.26 Å². The van der Waals surface area contributed by atoms with Crippen LogP contribution in [-0.4, -0.2) is 47.2 Å². The van der Waals surface area contributed by atoms with Crippen LogP contribution in [0.5, 0.6) is 17.2 Å². The molecular formula is C44H49N3O8. The van der Waals surface area contributed by atoms with Crippen molar-refractivity contribution in [1.29, 1.82) is 5.26 Å². The molecule has 8 aliphatic rings. The zero-order valence-electron chi connectivity index (χ0n) is 33.1. The predicted octanol–water partition coefficient (Wildman–Crippen LogP) is 6.82. The number of Topliss-reactive ketones (excluding diaryl/α,β-unsaturated/α-hetero) is 1. The van der Waals surface area contributed by atoms with Gasteiger partial charge in [0.25, 0.3) is 0 Å². The lowest BCUT2D eigenvalue weighted by Crippen LogP contribution is -2.75. The second-order valence-corrected chi connectivity index (χ2v) is 17.3. The number of nitrogens with two attached hydrogens (primary N) is 1. The molecule has 4 bridgehead atoms. The number of nitrogens with zero attached hydrogens (tertiary/aromatic N) is 1. The minimum absolute atomic E-state index is 0.0189. The molecule has 11 heteroatoms. The summed E-state index contributed by atoms with van der Waals surface area (Å²) < 4.78 is 33.0. The van der Waals surface area contributed by atoms with Crippen molar-refractivity contribution in [3.63, 3.8) is 0 Å². The van der Waals surface area contributed by atoms with E-state index in [-0.39, 0.29) is 35.9 Å². The molecule has 55 heavy (non-hydrogen) atoms. The van der Waals surface area contributed by atoms with Crippen molar-refractivity contribution in [2.24, 2.45) is 23.5 Å². The maximum atomic E-state index is 15.2. The Hall–Kier alpha value is -5.08. The van der Waals surface area contributed by atoms with E-state index in [1.54, 1.807) is 13.0 Å². The fourth-order valence-electron chi connectivity index (χ4n) is 10.5. The molecule has 9 rings (SSSR count). The number of esters is 2. The van der Waals surface area contributed by atoms with Gasteiger partial charge in [-0.3, -0.25) is 9.59 Å². The van der Waals surface area contributed by atoms with E-state index >= 15 is 4.79 Å². The molecule has 1 saturated heterocycles. The van der Waals surface area contributed by atoms with Crippen molar-refractivity contribution in [2.45, 2.75) is 116 Å². The number of ketones is 1. The number of carbonyl (C=O) groups is 3. The van der Waals surface area contributed by atoms with E-state index < -0.39 is 46.2 Å². The van der Waals surface area contributed by atoms with Crippen molar-refractivity contribution in [3.05, 3.63) is 74.7 Å². The highest BCUT2D eigenvalue weighted by Gasteiger charge is 2.84. The van der Waals surface area contributed by atoms with Gasteiger partial charge in [-0.05, 0) is 92.7 Å². The Balaban J connectivity index is 1.46. The Bertz CT molecular complexity index is 2240. The van der Waals surface area contributed by atoms with Gasteiger partial charge in [0, 0.05) is 40.9 Å². The van der Waals surface area contributed by atoms with Gasteiger partial charge < -0.3 is 34.7 Å². The number of dihydropyridines is 1. The monoisotopic (exact) mass is 747 g/mol. The van der Waals surface area contributed by atoms with E-state index in [0.29, 0.717) is 64.5 Å². The first-order valence-electron chi connectivity index (χ1n) is 19.1. The number of allylic oxidation sites excluding steroid dienone is 5. The normalized spacial score (nSPS) is 31.4. The van der Waals surface area contributed by atoms with Gasteiger partial charge >= 0.3 is 11.9 Å². The number of hydrogen-bond donors (Lipinski definition) is 2. The van der Waals surface area contributed by atoms with Gasteiger partial charge in [0.1, 0.15) is 22.9 Å². The fourth-order valence-corrected chi connectivity index (χ4v) is 10.5. The van der Waals surface area contributed by atoms with Gasteiger partial charge in [-0.15, -0.1) is 0 Å². The second-order valence-electron chi connectivity index (χ2n) is 17.3. The summed E-state index contributed by atoms with van der Waals surface area (Å²) in [7, 11) is 1.31. The summed E-state index contributed by atoms with van der Waals surface area (Å²) in [5, 5.41) is 14.0. The summed E-state index contributed by atoms with van der Waals surface area (Å²) in [5.74, 6) is -1.45. The largest absolute Gasteiger partial charge is 0.482 e. The predicted molar refractivity (Wildman–Crippen MR) is 204 cm³/mol. The van der Waals surface area contributed by atoms with Crippen molar-refractivity contribution < 1.29 is 38.1 Å². The van der Waals surface area contributed by atoms with Crippen LogP contribution < -0.4 is 25.3 Å². The lowest BCUT2D eigenvalue weighted by molar-refractivity contribution is -0.181. The molecule has 1 aromatic rings. The molecule has 0 aromatic heterocycles. The van der Waals surface area contributed by atoms with Crippen molar-refractivity contribution in [1.82, 2.24) is 5.32 Å². The number of hydrogen-bond acceptors (Lipinski definition) is 11. The van der Waals surface area contributed by atoms with Gasteiger partial charge in [-0.25, -0.2) is 4.79 Å². The molecule has 1 aromatic carbocycles. The standard InChI is InChI=1S/C44H49N3O8/c1-21(2)11-10-15-42(8)19-24-17-29(48)52-37-30(24)35(53-42)25(13-12-22(3)4)36-32(37)34-33-31(27(20-45)39(46)47-34)26-18-28-41(6,7)55-43(38(26)49,44(28,33)54-36)16-14-23(5)40(50)51-9/h11-12,14,19,26,28,31,47H,10,13,15-18,46H2,1-9H3/b23-14-. The lowest BCUT2D eigenvalue weighted by atomic mass is 9.45. The van der Waals surface area contributed by atoms with E-state index in [0.717, 1.165) is 23.1 Å². The van der Waals surface area contributed by atoms with Gasteiger partial charge in [-0.1, -0.05) is 29.4 Å². The van der Waals surface area contributed by atoms with Gasteiger partial charge in [0.05, 0.1) is 47.6 Å². The molecule has 1 spiro atoms. The van der Waals surface area contributed by atoms with E-state index in [2.05, 4.69) is 43.5 Å². The molecule has 6 atom stereocenters. The first-order valence-corrected chi connectivity index (χ1v) is 19.1. The van der Waals surface area contributed by atoms with Crippen LogP contribution in [0.25, 0.3) is 11.3 Å². The van der Waals surface area contributed by atoms with Gasteiger partial charge in [0.15, 0.2) is 22.7 Å². The molecule has 4 fully saturated rings.